The summed E-state index contributed by atoms with van der Waals surface area (Å²) in [6, 6.07) is 41.3. The quantitative estimate of drug-likeness (QED) is 0.236. The lowest BCUT2D eigenvalue weighted by Gasteiger charge is -2.44. The minimum Gasteiger partial charge on any atom is -0.368 e. The molecule has 4 nitrogen and oxygen atoms in total. The van der Waals surface area contributed by atoms with Crippen LogP contribution in [0.5, 0.6) is 0 Å². The van der Waals surface area contributed by atoms with Gasteiger partial charge in [0.05, 0.1) is 6.61 Å². The molecule has 37 heavy (non-hydrogen) atoms. The molecule has 5 rings (SSSR count). The second-order valence-electron chi connectivity index (χ2n) is 9.54. The molecule has 4 atom stereocenters. The molecular weight excluding hydrogens is 460 g/mol. The van der Waals surface area contributed by atoms with Crippen molar-refractivity contribution in [1.82, 2.24) is 0 Å². The molecule has 0 saturated carbocycles. The highest BCUT2D eigenvalue weighted by Crippen LogP contribution is 2.43. The summed E-state index contributed by atoms with van der Waals surface area (Å²) in [7, 11) is 1.66. The lowest BCUT2D eigenvalue weighted by molar-refractivity contribution is -0.326. The minimum atomic E-state index is -0.857. The van der Waals surface area contributed by atoms with Gasteiger partial charge in [-0.3, -0.25) is 0 Å². The molecule has 0 aromatic heterocycles. The molecule has 0 bridgehead atoms. The van der Waals surface area contributed by atoms with Gasteiger partial charge in [-0.05, 0) is 28.2 Å². The molecule has 4 heteroatoms. The second kappa shape index (κ2) is 11.8. The number of benzene rings is 4. The maximum atomic E-state index is 7.09. The van der Waals surface area contributed by atoms with E-state index >= 15 is 0 Å². The summed E-state index contributed by atoms with van der Waals surface area (Å²) in [5.74, 6) is 0.160. The third-order valence-corrected chi connectivity index (χ3v) is 7.05. The Kier molecular flexibility index (Phi) is 8.12. The zero-order valence-corrected chi connectivity index (χ0v) is 21.4. The van der Waals surface area contributed by atoms with Crippen LogP contribution < -0.4 is 0 Å². The Morgan fingerprint density at radius 1 is 0.703 bits per heavy atom. The fraction of sp³-hybridized carbons (Fsp3) is 0.273. The van der Waals surface area contributed by atoms with Crippen molar-refractivity contribution in [1.29, 1.82) is 0 Å². The maximum absolute atomic E-state index is 7.09. The van der Waals surface area contributed by atoms with E-state index in [0.29, 0.717) is 13.0 Å². The molecule has 0 N–H and O–H groups in total. The summed E-state index contributed by atoms with van der Waals surface area (Å²) in [5.41, 5.74) is 3.39. The average molecular weight is 495 g/mol. The summed E-state index contributed by atoms with van der Waals surface area (Å²) in [5, 5.41) is 0. The molecule has 1 saturated heterocycles. The molecular formula is C33H34O4. The van der Waals surface area contributed by atoms with E-state index in [4.69, 9.17) is 18.9 Å². The van der Waals surface area contributed by atoms with Crippen molar-refractivity contribution >= 4 is 0 Å². The van der Waals surface area contributed by atoms with Crippen LogP contribution in [0.1, 0.15) is 35.6 Å². The van der Waals surface area contributed by atoms with Crippen LogP contribution in [0.2, 0.25) is 0 Å². The Morgan fingerprint density at radius 2 is 1.16 bits per heavy atom. The van der Waals surface area contributed by atoms with E-state index in [0.717, 1.165) is 22.3 Å². The summed E-state index contributed by atoms with van der Waals surface area (Å²) in [6.45, 7) is 2.68. The van der Waals surface area contributed by atoms with Gasteiger partial charge in [0.15, 0.2) is 12.6 Å². The molecule has 3 unspecified atom stereocenters. The van der Waals surface area contributed by atoms with Gasteiger partial charge in [-0.15, -0.1) is 0 Å². The number of methoxy groups -OCH3 is 1. The summed E-state index contributed by atoms with van der Waals surface area (Å²) in [6.07, 6.45) is -0.577. The van der Waals surface area contributed by atoms with Gasteiger partial charge in [0.2, 0.25) is 0 Å². The zero-order chi connectivity index (χ0) is 25.5. The van der Waals surface area contributed by atoms with Crippen molar-refractivity contribution in [2.24, 2.45) is 5.92 Å². The first-order valence-corrected chi connectivity index (χ1v) is 12.9. The van der Waals surface area contributed by atoms with Crippen LogP contribution in [-0.2, 0) is 31.2 Å². The number of hydrogen-bond acceptors (Lipinski definition) is 4. The highest BCUT2D eigenvalue weighted by atomic mass is 16.8. The molecule has 1 heterocycles. The van der Waals surface area contributed by atoms with Crippen LogP contribution in [0.25, 0.3) is 0 Å². The summed E-state index contributed by atoms with van der Waals surface area (Å²) >= 11 is 0. The van der Waals surface area contributed by atoms with E-state index in [1.54, 1.807) is 7.11 Å². The first-order chi connectivity index (χ1) is 18.2. The van der Waals surface area contributed by atoms with Crippen LogP contribution in [0.3, 0.4) is 0 Å². The molecule has 190 valence electrons. The summed E-state index contributed by atoms with van der Waals surface area (Å²) in [4.78, 5) is 0. The first-order valence-electron chi connectivity index (χ1n) is 12.9. The van der Waals surface area contributed by atoms with E-state index in [-0.39, 0.29) is 12.0 Å². The molecule has 0 radical (unpaired) electrons. The van der Waals surface area contributed by atoms with E-state index in [9.17, 15) is 0 Å². The van der Waals surface area contributed by atoms with Crippen molar-refractivity contribution < 1.29 is 18.9 Å². The molecule has 4 aromatic rings. The Balaban J connectivity index is 1.47. The Morgan fingerprint density at radius 3 is 1.62 bits per heavy atom. The fourth-order valence-electron chi connectivity index (χ4n) is 5.18. The van der Waals surface area contributed by atoms with E-state index in [1.807, 2.05) is 36.4 Å². The van der Waals surface area contributed by atoms with Gasteiger partial charge < -0.3 is 18.9 Å². The average Bonchev–Trinajstić information content (AvgIpc) is 2.97. The van der Waals surface area contributed by atoms with Crippen LogP contribution in [0, 0.1) is 5.92 Å². The topological polar surface area (TPSA) is 36.9 Å². The molecule has 0 spiro atoms. The minimum absolute atomic E-state index is 0.160. The maximum Gasteiger partial charge on any atom is 0.186 e. The van der Waals surface area contributed by atoms with Crippen LogP contribution in [0.4, 0.5) is 0 Å². The predicted molar refractivity (Wildman–Crippen MR) is 145 cm³/mol. The zero-order valence-electron chi connectivity index (χ0n) is 21.4. The van der Waals surface area contributed by atoms with Gasteiger partial charge in [0.1, 0.15) is 11.7 Å². The van der Waals surface area contributed by atoms with Gasteiger partial charge in [-0.2, -0.15) is 0 Å². The van der Waals surface area contributed by atoms with Crippen molar-refractivity contribution in [2.45, 2.75) is 44.2 Å². The summed E-state index contributed by atoms with van der Waals surface area (Å²) < 4.78 is 25.7. The molecule has 4 aromatic carbocycles. The van der Waals surface area contributed by atoms with Gasteiger partial charge in [-0.25, -0.2) is 0 Å². The van der Waals surface area contributed by atoms with Crippen molar-refractivity contribution in [2.75, 3.05) is 7.11 Å². The molecule has 0 amide bonds. The van der Waals surface area contributed by atoms with Crippen LogP contribution >= 0.6 is 0 Å². The molecule has 1 aliphatic heterocycles. The third-order valence-electron chi connectivity index (χ3n) is 7.05. The standard InChI is InChI=1S/C33H34O4/c1-25-23-30(36-32(34-2)31(25)35-24-26-15-7-3-8-16-26)37-33(27-17-9-4-10-18-27,28-19-11-5-12-20-28)29-21-13-6-14-22-29/h3-22,25,30-32H,23-24H2,1-2H3/t25?,30?,31?,32-/m1/s1. The number of ether oxygens (including phenoxy) is 4. The van der Waals surface area contributed by atoms with Gasteiger partial charge in [0, 0.05) is 13.5 Å². The van der Waals surface area contributed by atoms with E-state index < -0.39 is 18.2 Å². The molecule has 1 fully saturated rings. The highest BCUT2D eigenvalue weighted by molar-refractivity contribution is 5.47. The first kappa shape index (κ1) is 25.4. The Hall–Kier alpha value is -3.28. The predicted octanol–water partition coefficient (Wildman–Crippen LogP) is 6.94. The number of hydrogen-bond donors (Lipinski definition) is 0. The highest BCUT2D eigenvalue weighted by Gasteiger charge is 2.45. The fourth-order valence-corrected chi connectivity index (χ4v) is 5.18. The smallest absolute Gasteiger partial charge is 0.186 e. The lowest BCUT2D eigenvalue weighted by atomic mass is 9.80. The van der Waals surface area contributed by atoms with Crippen LogP contribution in [-0.4, -0.2) is 25.8 Å². The second-order valence-corrected chi connectivity index (χ2v) is 9.54. The monoisotopic (exact) mass is 494 g/mol. The van der Waals surface area contributed by atoms with Gasteiger partial charge in [-0.1, -0.05) is 128 Å². The molecule has 1 aliphatic rings. The van der Waals surface area contributed by atoms with Crippen molar-refractivity contribution in [3.63, 3.8) is 0 Å². The van der Waals surface area contributed by atoms with E-state index in [2.05, 4.69) is 91.9 Å². The largest absolute Gasteiger partial charge is 0.368 e. The normalized spacial score (nSPS) is 22.0. The van der Waals surface area contributed by atoms with Crippen LogP contribution in [0.15, 0.2) is 121 Å². The lowest BCUT2D eigenvalue weighted by Crippen LogP contribution is -2.50. The SMILES string of the molecule is CO[C@@H]1OC(OC(c2ccccc2)(c2ccccc2)c2ccccc2)CC(C)C1OCc1ccccc1. The van der Waals surface area contributed by atoms with Crippen molar-refractivity contribution in [3.8, 4) is 0 Å². The Bertz CT molecular complexity index is 1120. The van der Waals surface area contributed by atoms with Gasteiger partial charge >= 0.3 is 0 Å². The molecule has 0 aliphatic carbocycles. The number of rotatable bonds is 9. The van der Waals surface area contributed by atoms with Crippen molar-refractivity contribution in [3.05, 3.63) is 144 Å². The third kappa shape index (κ3) is 5.53. The Labute approximate surface area is 219 Å². The van der Waals surface area contributed by atoms with Gasteiger partial charge in [0.25, 0.3) is 0 Å². The van der Waals surface area contributed by atoms with E-state index in [1.165, 1.54) is 0 Å².